The Morgan fingerprint density at radius 1 is 1.44 bits per heavy atom. The Balaban J connectivity index is 3.65. The molecule has 0 radical (unpaired) electrons. The smallest absolute Gasteiger partial charge is 0.0142 e. The first-order valence-electron chi connectivity index (χ1n) is 3.63. The summed E-state index contributed by atoms with van der Waals surface area (Å²) in [7, 11) is 0. The van der Waals surface area contributed by atoms with E-state index in [2.05, 4.69) is 26.5 Å². The van der Waals surface area contributed by atoms with Crippen LogP contribution in [0, 0.1) is 0 Å². The molecule has 0 nitrogen and oxygen atoms in total. The van der Waals surface area contributed by atoms with Gasteiger partial charge in [-0.1, -0.05) is 31.6 Å². The molecule has 0 aromatic rings. The molecule has 0 bridgehead atoms. The van der Waals surface area contributed by atoms with Gasteiger partial charge in [0.1, 0.15) is 0 Å². The standard InChI is InChI=1S/C9H16/c1-4-7-9(6-3)8-5-2/h4,8H,1,5-7H2,2-3H3/b9-8-. The average molecular weight is 124 g/mol. The summed E-state index contributed by atoms with van der Waals surface area (Å²) in [6, 6.07) is 0. The van der Waals surface area contributed by atoms with Crippen LogP contribution in [0.15, 0.2) is 24.3 Å². The van der Waals surface area contributed by atoms with Crippen molar-refractivity contribution in [2.75, 3.05) is 0 Å². The quantitative estimate of drug-likeness (QED) is 0.504. The summed E-state index contributed by atoms with van der Waals surface area (Å²) in [5, 5.41) is 0. The van der Waals surface area contributed by atoms with Crippen molar-refractivity contribution in [3.8, 4) is 0 Å². The van der Waals surface area contributed by atoms with Crippen molar-refractivity contribution in [2.45, 2.75) is 33.1 Å². The number of allylic oxidation sites excluding steroid dienone is 3. The highest BCUT2D eigenvalue weighted by atomic mass is 13.9. The molecule has 0 aliphatic heterocycles. The molecule has 0 unspecified atom stereocenters. The molecular weight excluding hydrogens is 108 g/mol. The molecule has 9 heavy (non-hydrogen) atoms. The fraction of sp³-hybridized carbons (Fsp3) is 0.556. The van der Waals surface area contributed by atoms with Gasteiger partial charge >= 0.3 is 0 Å². The summed E-state index contributed by atoms with van der Waals surface area (Å²) < 4.78 is 0. The molecular formula is C9H16. The Bertz CT molecular complexity index is 98.6. The topological polar surface area (TPSA) is 0 Å². The lowest BCUT2D eigenvalue weighted by atomic mass is 10.1. The highest BCUT2D eigenvalue weighted by molar-refractivity contribution is 5.04. The van der Waals surface area contributed by atoms with Gasteiger partial charge in [0.15, 0.2) is 0 Å². The van der Waals surface area contributed by atoms with E-state index in [-0.39, 0.29) is 0 Å². The van der Waals surface area contributed by atoms with Gasteiger partial charge < -0.3 is 0 Å². The van der Waals surface area contributed by atoms with Gasteiger partial charge in [-0.3, -0.25) is 0 Å². The largest absolute Gasteiger partial charge is 0.103 e. The maximum atomic E-state index is 3.69. The third-order valence-electron chi connectivity index (χ3n) is 1.35. The second-order valence-corrected chi connectivity index (χ2v) is 2.12. The van der Waals surface area contributed by atoms with E-state index in [1.165, 1.54) is 12.0 Å². The summed E-state index contributed by atoms with van der Waals surface area (Å²) in [5.74, 6) is 0. The first-order chi connectivity index (χ1) is 4.35. The summed E-state index contributed by atoms with van der Waals surface area (Å²) in [6.07, 6.45) is 7.62. The van der Waals surface area contributed by atoms with Gasteiger partial charge in [-0.25, -0.2) is 0 Å². The van der Waals surface area contributed by atoms with Gasteiger partial charge in [0.2, 0.25) is 0 Å². The van der Waals surface area contributed by atoms with Crippen LogP contribution in [0.3, 0.4) is 0 Å². The van der Waals surface area contributed by atoms with E-state index in [0.717, 1.165) is 12.8 Å². The highest BCUT2D eigenvalue weighted by Gasteiger charge is 1.86. The number of hydrogen-bond acceptors (Lipinski definition) is 0. The molecule has 0 N–H and O–H groups in total. The van der Waals surface area contributed by atoms with Crippen molar-refractivity contribution in [1.82, 2.24) is 0 Å². The van der Waals surface area contributed by atoms with E-state index in [1.54, 1.807) is 0 Å². The van der Waals surface area contributed by atoms with Crippen molar-refractivity contribution in [3.05, 3.63) is 24.3 Å². The van der Waals surface area contributed by atoms with E-state index in [0.29, 0.717) is 0 Å². The monoisotopic (exact) mass is 124 g/mol. The van der Waals surface area contributed by atoms with Gasteiger partial charge in [-0.15, -0.1) is 6.58 Å². The summed E-state index contributed by atoms with van der Waals surface area (Å²) in [4.78, 5) is 0. The Morgan fingerprint density at radius 2 is 2.11 bits per heavy atom. The third-order valence-corrected chi connectivity index (χ3v) is 1.35. The molecule has 0 aliphatic rings. The molecule has 0 rings (SSSR count). The Hall–Kier alpha value is -0.520. The molecule has 52 valence electrons. The number of hydrogen-bond donors (Lipinski definition) is 0. The minimum atomic E-state index is 1.06. The summed E-state index contributed by atoms with van der Waals surface area (Å²) in [6.45, 7) is 8.04. The lowest BCUT2D eigenvalue weighted by Gasteiger charge is -1.96. The van der Waals surface area contributed by atoms with Crippen molar-refractivity contribution in [3.63, 3.8) is 0 Å². The lowest BCUT2D eigenvalue weighted by molar-refractivity contribution is 1.00. The van der Waals surface area contributed by atoms with Gasteiger partial charge in [-0.05, 0) is 19.3 Å². The zero-order valence-electron chi connectivity index (χ0n) is 6.48. The first kappa shape index (κ1) is 8.48. The molecule has 0 heteroatoms. The molecule has 0 atom stereocenters. The molecule has 0 aromatic carbocycles. The van der Waals surface area contributed by atoms with Crippen LogP contribution in [0.5, 0.6) is 0 Å². The van der Waals surface area contributed by atoms with Crippen LogP contribution in [0.2, 0.25) is 0 Å². The Morgan fingerprint density at radius 3 is 2.44 bits per heavy atom. The summed E-state index contributed by atoms with van der Waals surface area (Å²) >= 11 is 0. The van der Waals surface area contributed by atoms with Crippen LogP contribution in [0.25, 0.3) is 0 Å². The lowest BCUT2D eigenvalue weighted by Crippen LogP contribution is -1.76. The normalized spacial score (nSPS) is 11.6. The van der Waals surface area contributed by atoms with Crippen LogP contribution in [0.1, 0.15) is 33.1 Å². The van der Waals surface area contributed by atoms with Crippen LogP contribution in [0.4, 0.5) is 0 Å². The predicted octanol–water partition coefficient (Wildman–Crippen LogP) is 3.31. The van der Waals surface area contributed by atoms with Gasteiger partial charge in [0, 0.05) is 0 Å². The van der Waals surface area contributed by atoms with Crippen LogP contribution < -0.4 is 0 Å². The van der Waals surface area contributed by atoms with E-state index in [1.807, 2.05) is 6.08 Å². The minimum Gasteiger partial charge on any atom is -0.103 e. The van der Waals surface area contributed by atoms with E-state index in [9.17, 15) is 0 Å². The minimum absolute atomic E-state index is 1.06. The first-order valence-corrected chi connectivity index (χ1v) is 3.63. The number of rotatable bonds is 4. The predicted molar refractivity (Wildman–Crippen MR) is 43.5 cm³/mol. The van der Waals surface area contributed by atoms with E-state index < -0.39 is 0 Å². The van der Waals surface area contributed by atoms with Crippen molar-refractivity contribution < 1.29 is 0 Å². The van der Waals surface area contributed by atoms with E-state index >= 15 is 0 Å². The van der Waals surface area contributed by atoms with Crippen molar-refractivity contribution in [1.29, 1.82) is 0 Å². The average Bonchev–Trinajstić information content (AvgIpc) is 1.88. The van der Waals surface area contributed by atoms with Gasteiger partial charge in [0.05, 0.1) is 0 Å². The molecule has 0 aliphatic carbocycles. The fourth-order valence-electron chi connectivity index (χ4n) is 0.846. The van der Waals surface area contributed by atoms with E-state index in [4.69, 9.17) is 0 Å². The third kappa shape index (κ3) is 4.01. The molecule has 0 aromatic heterocycles. The molecule has 0 amide bonds. The molecule has 0 heterocycles. The highest BCUT2D eigenvalue weighted by Crippen LogP contribution is 2.06. The second-order valence-electron chi connectivity index (χ2n) is 2.12. The molecule has 0 spiro atoms. The van der Waals surface area contributed by atoms with Crippen LogP contribution in [-0.4, -0.2) is 0 Å². The van der Waals surface area contributed by atoms with Crippen LogP contribution >= 0.6 is 0 Å². The second kappa shape index (κ2) is 5.61. The maximum Gasteiger partial charge on any atom is -0.0142 e. The van der Waals surface area contributed by atoms with Gasteiger partial charge in [-0.2, -0.15) is 0 Å². The van der Waals surface area contributed by atoms with Crippen molar-refractivity contribution in [2.24, 2.45) is 0 Å². The SMILES string of the molecule is C=CC/C(=C\CC)CC. The Kier molecular flexibility index (Phi) is 5.29. The van der Waals surface area contributed by atoms with Crippen LogP contribution in [-0.2, 0) is 0 Å². The maximum absolute atomic E-state index is 3.69. The fourth-order valence-corrected chi connectivity index (χ4v) is 0.846. The molecule has 0 saturated heterocycles. The molecule has 0 fully saturated rings. The zero-order valence-corrected chi connectivity index (χ0v) is 6.48. The summed E-state index contributed by atoms with van der Waals surface area (Å²) in [5.41, 5.74) is 1.51. The molecule has 0 saturated carbocycles. The van der Waals surface area contributed by atoms with Crippen molar-refractivity contribution >= 4 is 0 Å². The zero-order chi connectivity index (χ0) is 7.11. The Labute approximate surface area is 58.3 Å². The van der Waals surface area contributed by atoms with Gasteiger partial charge in [0.25, 0.3) is 0 Å².